The van der Waals surface area contributed by atoms with Gasteiger partial charge in [0.1, 0.15) is 0 Å². The quantitative estimate of drug-likeness (QED) is 0.740. The van der Waals surface area contributed by atoms with Crippen LogP contribution < -0.4 is 5.01 Å². The van der Waals surface area contributed by atoms with Crippen LogP contribution in [0.3, 0.4) is 0 Å². The third kappa shape index (κ3) is 1.65. The van der Waals surface area contributed by atoms with E-state index in [9.17, 15) is 0 Å². The van der Waals surface area contributed by atoms with Gasteiger partial charge in [0.15, 0.2) is 5.82 Å². The highest BCUT2D eigenvalue weighted by Crippen LogP contribution is 2.32. The Labute approximate surface area is 101 Å². The molecule has 0 radical (unpaired) electrons. The van der Waals surface area contributed by atoms with Crippen molar-refractivity contribution in [1.82, 2.24) is 9.99 Å². The molecule has 1 aliphatic rings. The van der Waals surface area contributed by atoms with E-state index >= 15 is 0 Å². The number of benzene rings is 1. The van der Waals surface area contributed by atoms with Gasteiger partial charge in [0, 0.05) is 25.0 Å². The molecule has 0 atom stereocenters. The van der Waals surface area contributed by atoms with E-state index < -0.39 is 0 Å². The summed E-state index contributed by atoms with van der Waals surface area (Å²) in [5.41, 5.74) is 2.35. The maximum atomic E-state index is 4.40. The molecule has 0 saturated heterocycles. The number of anilines is 2. The highest BCUT2D eigenvalue weighted by Gasteiger charge is 2.18. The van der Waals surface area contributed by atoms with Crippen LogP contribution in [-0.2, 0) is 0 Å². The molecule has 0 unspecified atom stereocenters. The fraction of sp³-hybridized carbons (Fsp3) is 0.0714. The Bertz CT molecular complexity index is 548. The summed E-state index contributed by atoms with van der Waals surface area (Å²) in [6, 6.07) is 14.2. The van der Waals surface area contributed by atoms with E-state index in [1.807, 2.05) is 54.8 Å². The van der Waals surface area contributed by atoms with Crippen LogP contribution in [0.2, 0.25) is 0 Å². The molecular weight excluding hydrogens is 210 g/mol. The van der Waals surface area contributed by atoms with Gasteiger partial charge in [-0.1, -0.05) is 24.3 Å². The van der Waals surface area contributed by atoms with Gasteiger partial charge in [0.05, 0.1) is 5.69 Å². The fourth-order valence-electron chi connectivity index (χ4n) is 2.01. The van der Waals surface area contributed by atoms with Crippen LogP contribution in [0.1, 0.15) is 5.56 Å². The Morgan fingerprint density at radius 1 is 1.00 bits per heavy atom. The monoisotopic (exact) mass is 223 g/mol. The molecule has 1 aromatic heterocycles. The number of rotatable bonds is 1. The van der Waals surface area contributed by atoms with Gasteiger partial charge in [0.2, 0.25) is 0 Å². The number of fused-ring (bicyclic) bond motifs is 1. The maximum absolute atomic E-state index is 4.40. The highest BCUT2D eigenvalue weighted by atomic mass is 15.6. The number of pyridine rings is 1. The van der Waals surface area contributed by atoms with Gasteiger partial charge < -0.3 is 0 Å². The van der Waals surface area contributed by atoms with Crippen LogP contribution in [0.15, 0.2) is 54.9 Å². The third-order valence-corrected chi connectivity index (χ3v) is 2.82. The fourth-order valence-corrected chi connectivity index (χ4v) is 2.01. The Balaban J connectivity index is 2.13. The molecule has 2 aromatic rings. The highest BCUT2D eigenvalue weighted by molar-refractivity contribution is 5.74. The molecule has 3 heteroatoms. The van der Waals surface area contributed by atoms with Crippen molar-refractivity contribution in [2.24, 2.45) is 0 Å². The Morgan fingerprint density at radius 3 is 2.65 bits per heavy atom. The predicted octanol–water partition coefficient (Wildman–Crippen LogP) is 3.05. The summed E-state index contributed by atoms with van der Waals surface area (Å²) in [6.07, 6.45) is 5.95. The lowest BCUT2D eigenvalue weighted by molar-refractivity contribution is 0.461. The van der Waals surface area contributed by atoms with Crippen LogP contribution in [0.25, 0.3) is 6.08 Å². The number of hydrazine groups is 1. The lowest BCUT2D eigenvalue weighted by atomic mass is 10.1. The molecule has 0 fully saturated rings. The Kier molecular flexibility index (Phi) is 2.29. The molecule has 84 valence electrons. The molecule has 1 aliphatic heterocycles. The van der Waals surface area contributed by atoms with Crippen molar-refractivity contribution in [2.45, 2.75) is 0 Å². The molecule has 0 bridgehead atoms. The second kappa shape index (κ2) is 3.94. The lowest BCUT2D eigenvalue weighted by Gasteiger charge is -2.35. The molecule has 17 heavy (non-hydrogen) atoms. The summed E-state index contributed by atoms with van der Waals surface area (Å²) in [7, 11) is 2.02. The standard InChI is InChI=1S/C14H13N3/c1-16-11-9-12-6-2-3-7-13(12)17(16)14-8-4-5-10-15-14/h2-11H,1H3. The smallest absolute Gasteiger partial charge is 0.151 e. The maximum Gasteiger partial charge on any atom is 0.151 e. The third-order valence-electron chi connectivity index (χ3n) is 2.82. The van der Waals surface area contributed by atoms with Crippen molar-refractivity contribution in [3.05, 3.63) is 60.4 Å². The second-order valence-electron chi connectivity index (χ2n) is 3.95. The minimum atomic E-state index is 0.923. The molecule has 2 heterocycles. The first-order valence-corrected chi connectivity index (χ1v) is 5.57. The van der Waals surface area contributed by atoms with Crippen LogP contribution in [0.4, 0.5) is 11.5 Å². The first kappa shape index (κ1) is 9.90. The zero-order valence-corrected chi connectivity index (χ0v) is 9.62. The summed E-state index contributed by atoms with van der Waals surface area (Å²) in [4.78, 5) is 4.40. The predicted molar refractivity (Wildman–Crippen MR) is 69.6 cm³/mol. The van der Waals surface area contributed by atoms with Gasteiger partial charge in [-0.25, -0.2) is 9.99 Å². The minimum Gasteiger partial charge on any atom is -0.290 e. The topological polar surface area (TPSA) is 19.4 Å². The number of para-hydroxylation sites is 1. The molecular formula is C14H13N3. The molecule has 3 nitrogen and oxygen atoms in total. The zero-order chi connectivity index (χ0) is 11.7. The van der Waals surface area contributed by atoms with Crippen molar-refractivity contribution in [2.75, 3.05) is 12.1 Å². The van der Waals surface area contributed by atoms with Crippen molar-refractivity contribution in [3.8, 4) is 0 Å². The van der Waals surface area contributed by atoms with Crippen molar-refractivity contribution in [1.29, 1.82) is 0 Å². The summed E-state index contributed by atoms with van der Waals surface area (Å²) in [5.74, 6) is 0.923. The van der Waals surface area contributed by atoms with Crippen LogP contribution in [-0.4, -0.2) is 17.0 Å². The number of hydrogen-bond acceptors (Lipinski definition) is 3. The summed E-state index contributed by atoms with van der Waals surface area (Å²) in [5, 5.41) is 4.12. The van der Waals surface area contributed by atoms with E-state index in [0.717, 1.165) is 11.5 Å². The first-order valence-electron chi connectivity index (χ1n) is 5.57. The van der Waals surface area contributed by atoms with Gasteiger partial charge in [-0.3, -0.25) is 5.01 Å². The average molecular weight is 223 g/mol. The summed E-state index contributed by atoms with van der Waals surface area (Å²) >= 11 is 0. The SMILES string of the molecule is CN1C=Cc2ccccc2N1c1ccccn1. The normalized spacial score (nSPS) is 13.7. The summed E-state index contributed by atoms with van der Waals surface area (Å²) in [6.45, 7) is 0. The van der Waals surface area contributed by atoms with Crippen LogP contribution in [0, 0.1) is 0 Å². The van der Waals surface area contributed by atoms with E-state index in [-0.39, 0.29) is 0 Å². The Hall–Kier alpha value is -2.29. The second-order valence-corrected chi connectivity index (χ2v) is 3.95. The van der Waals surface area contributed by atoms with E-state index in [1.54, 1.807) is 0 Å². The molecule has 0 N–H and O–H groups in total. The van der Waals surface area contributed by atoms with Gasteiger partial charge in [0.25, 0.3) is 0 Å². The Morgan fingerprint density at radius 2 is 1.82 bits per heavy atom. The summed E-state index contributed by atoms with van der Waals surface area (Å²) < 4.78 is 0. The number of aromatic nitrogens is 1. The van der Waals surface area contributed by atoms with E-state index in [2.05, 4.69) is 28.2 Å². The average Bonchev–Trinajstić information content (AvgIpc) is 2.39. The molecule has 0 aliphatic carbocycles. The number of nitrogens with zero attached hydrogens (tertiary/aromatic N) is 3. The van der Waals surface area contributed by atoms with E-state index in [0.29, 0.717) is 0 Å². The number of hydrogen-bond donors (Lipinski definition) is 0. The minimum absolute atomic E-state index is 0.923. The van der Waals surface area contributed by atoms with E-state index in [1.165, 1.54) is 5.56 Å². The van der Waals surface area contributed by atoms with Gasteiger partial charge in [-0.05, 0) is 24.3 Å². The molecule has 1 aromatic carbocycles. The van der Waals surface area contributed by atoms with E-state index in [4.69, 9.17) is 0 Å². The zero-order valence-electron chi connectivity index (χ0n) is 9.62. The van der Waals surface area contributed by atoms with Gasteiger partial charge in [-0.15, -0.1) is 0 Å². The lowest BCUT2D eigenvalue weighted by Crippen LogP contribution is -2.34. The molecule has 0 saturated carbocycles. The van der Waals surface area contributed by atoms with Gasteiger partial charge >= 0.3 is 0 Å². The molecule has 3 rings (SSSR count). The molecule has 0 spiro atoms. The largest absolute Gasteiger partial charge is 0.290 e. The van der Waals surface area contributed by atoms with Crippen molar-refractivity contribution >= 4 is 17.6 Å². The van der Waals surface area contributed by atoms with Crippen LogP contribution >= 0.6 is 0 Å². The van der Waals surface area contributed by atoms with Crippen molar-refractivity contribution < 1.29 is 0 Å². The van der Waals surface area contributed by atoms with Gasteiger partial charge in [-0.2, -0.15) is 0 Å². The van der Waals surface area contributed by atoms with Crippen molar-refractivity contribution in [3.63, 3.8) is 0 Å². The molecule has 0 amide bonds. The first-order chi connectivity index (χ1) is 8.36. The van der Waals surface area contributed by atoms with Crippen LogP contribution in [0.5, 0.6) is 0 Å².